The predicted molar refractivity (Wildman–Crippen MR) is 64.9 cm³/mol. The smallest absolute Gasteiger partial charge is 0.232 e. The van der Waals surface area contributed by atoms with Crippen molar-refractivity contribution in [2.24, 2.45) is 5.92 Å². The number of rotatable bonds is 3. The summed E-state index contributed by atoms with van der Waals surface area (Å²) in [6.07, 6.45) is 2.08. The number of carbonyl (C=O) groups excluding carboxylic acids is 1. The fraction of sp³-hybridized carbons (Fsp3) is 0.429. The summed E-state index contributed by atoms with van der Waals surface area (Å²) in [4.78, 5) is 12.2. The molecule has 1 aliphatic carbocycles. The van der Waals surface area contributed by atoms with E-state index in [1.807, 2.05) is 24.3 Å². The van der Waals surface area contributed by atoms with Crippen LogP contribution in [0.1, 0.15) is 24.3 Å². The van der Waals surface area contributed by atoms with E-state index in [1.54, 1.807) is 0 Å². The first-order valence-corrected chi connectivity index (χ1v) is 6.21. The van der Waals surface area contributed by atoms with Gasteiger partial charge in [-0.2, -0.15) is 5.26 Å². The molecular weight excluding hydrogens is 228 g/mol. The Hall–Kier alpha value is -2.02. The molecule has 92 valence electrons. The van der Waals surface area contributed by atoms with Crippen molar-refractivity contribution in [2.75, 3.05) is 6.61 Å². The zero-order valence-corrected chi connectivity index (χ0v) is 9.93. The number of hydrogen-bond acceptors (Lipinski definition) is 3. The van der Waals surface area contributed by atoms with Gasteiger partial charge in [-0.1, -0.05) is 18.2 Å². The average molecular weight is 242 g/mol. The molecule has 2 aliphatic rings. The van der Waals surface area contributed by atoms with E-state index in [2.05, 4.69) is 11.4 Å². The summed E-state index contributed by atoms with van der Waals surface area (Å²) in [6.45, 7) is 0.369. The van der Waals surface area contributed by atoms with Crippen LogP contribution in [0.2, 0.25) is 0 Å². The molecule has 1 amide bonds. The third-order valence-corrected chi connectivity index (χ3v) is 3.55. The summed E-state index contributed by atoms with van der Waals surface area (Å²) in [5.74, 6) is 0.739. The number of nitriles is 1. The first-order valence-electron chi connectivity index (χ1n) is 6.21. The van der Waals surface area contributed by atoms with E-state index in [0.717, 1.165) is 24.2 Å². The molecule has 0 saturated heterocycles. The molecule has 1 aromatic rings. The molecule has 0 bridgehead atoms. The first kappa shape index (κ1) is 11.1. The monoisotopic (exact) mass is 242 g/mol. The molecule has 0 spiro atoms. The molecule has 1 heterocycles. The van der Waals surface area contributed by atoms with E-state index in [9.17, 15) is 4.79 Å². The zero-order chi connectivity index (χ0) is 12.5. The van der Waals surface area contributed by atoms with Crippen LogP contribution in [-0.4, -0.2) is 18.6 Å². The fourth-order valence-corrected chi connectivity index (χ4v) is 2.32. The van der Waals surface area contributed by atoms with Gasteiger partial charge in [0, 0.05) is 5.56 Å². The Morgan fingerprint density at radius 3 is 2.94 bits per heavy atom. The Morgan fingerprint density at radius 1 is 1.44 bits per heavy atom. The molecule has 1 fully saturated rings. The van der Waals surface area contributed by atoms with Gasteiger partial charge >= 0.3 is 0 Å². The van der Waals surface area contributed by atoms with Gasteiger partial charge in [-0.3, -0.25) is 4.79 Å². The molecule has 1 N–H and O–H groups in total. The van der Waals surface area contributed by atoms with Gasteiger partial charge < -0.3 is 10.1 Å². The van der Waals surface area contributed by atoms with Crippen LogP contribution in [0.4, 0.5) is 0 Å². The van der Waals surface area contributed by atoms with Crippen molar-refractivity contribution in [1.29, 1.82) is 5.26 Å². The van der Waals surface area contributed by atoms with E-state index in [-0.39, 0.29) is 17.9 Å². The number of nitrogens with one attached hydrogen (secondary N) is 1. The number of amides is 1. The van der Waals surface area contributed by atoms with Crippen molar-refractivity contribution in [3.05, 3.63) is 29.8 Å². The van der Waals surface area contributed by atoms with E-state index in [0.29, 0.717) is 12.5 Å². The summed E-state index contributed by atoms with van der Waals surface area (Å²) >= 11 is 0. The highest BCUT2D eigenvalue weighted by Crippen LogP contribution is 2.35. The number of para-hydroxylation sites is 1. The second-order valence-corrected chi connectivity index (χ2v) is 4.85. The number of hydrogen-bond donors (Lipinski definition) is 1. The Labute approximate surface area is 106 Å². The molecule has 2 atom stereocenters. The Balaban J connectivity index is 1.72. The van der Waals surface area contributed by atoms with Gasteiger partial charge in [0.25, 0.3) is 0 Å². The topological polar surface area (TPSA) is 62.1 Å². The van der Waals surface area contributed by atoms with Crippen LogP contribution in [0.5, 0.6) is 5.75 Å². The Morgan fingerprint density at radius 2 is 2.22 bits per heavy atom. The van der Waals surface area contributed by atoms with Gasteiger partial charge in [0.15, 0.2) is 0 Å². The third-order valence-electron chi connectivity index (χ3n) is 3.55. The standard InChI is InChI=1S/C14H14N2O2/c15-7-12(9-5-6-9)16-14(17)11-8-18-13-4-2-1-3-10(11)13/h1-4,9,11-12H,5-6,8H2,(H,16,17). The largest absolute Gasteiger partial charge is 0.492 e. The minimum absolute atomic E-state index is 0.0987. The van der Waals surface area contributed by atoms with Gasteiger partial charge in [0.05, 0.1) is 6.07 Å². The molecular formula is C14H14N2O2. The number of carbonyl (C=O) groups is 1. The van der Waals surface area contributed by atoms with Crippen molar-refractivity contribution < 1.29 is 9.53 Å². The molecule has 4 nitrogen and oxygen atoms in total. The Kier molecular flexibility index (Phi) is 2.67. The van der Waals surface area contributed by atoms with Crippen LogP contribution in [0, 0.1) is 17.2 Å². The normalized spacial score (nSPS) is 22.5. The second kappa shape index (κ2) is 4.34. The number of fused-ring (bicyclic) bond motifs is 1. The first-order chi connectivity index (χ1) is 8.79. The molecule has 1 aromatic carbocycles. The molecule has 4 heteroatoms. The van der Waals surface area contributed by atoms with Crippen molar-refractivity contribution in [1.82, 2.24) is 5.32 Å². The predicted octanol–water partition coefficient (Wildman–Crippen LogP) is 1.58. The van der Waals surface area contributed by atoms with Crippen LogP contribution in [0.3, 0.4) is 0 Å². The summed E-state index contributed by atoms with van der Waals surface area (Å²) in [5.41, 5.74) is 0.919. The number of ether oxygens (including phenoxy) is 1. The van der Waals surface area contributed by atoms with E-state index in [4.69, 9.17) is 10.00 Å². The zero-order valence-electron chi connectivity index (χ0n) is 9.93. The lowest BCUT2D eigenvalue weighted by Crippen LogP contribution is -2.39. The van der Waals surface area contributed by atoms with E-state index < -0.39 is 0 Å². The quantitative estimate of drug-likeness (QED) is 0.875. The second-order valence-electron chi connectivity index (χ2n) is 4.85. The van der Waals surface area contributed by atoms with Gasteiger partial charge in [-0.25, -0.2) is 0 Å². The summed E-state index contributed by atoms with van der Waals surface area (Å²) in [7, 11) is 0. The number of nitrogens with zero attached hydrogens (tertiary/aromatic N) is 1. The summed E-state index contributed by atoms with van der Waals surface area (Å²) in [5, 5.41) is 11.9. The molecule has 3 rings (SSSR count). The fourth-order valence-electron chi connectivity index (χ4n) is 2.32. The summed E-state index contributed by atoms with van der Waals surface area (Å²) < 4.78 is 5.48. The SMILES string of the molecule is N#CC(NC(=O)C1COc2ccccc21)C1CC1. The van der Waals surface area contributed by atoms with Crippen molar-refractivity contribution in [3.63, 3.8) is 0 Å². The maximum Gasteiger partial charge on any atom is 0.232 e. The van der Waals surface area contributed by atoms with Crippen LogP contribution in [0.25, 0.3) is 0 Å². The Bertz CT molecular complexity index is 517. The van der Waals surface area contributed by atoms with Gasteiger partial charge in [0.1, 0.15) is 24.3 Å². The molecule has 2 unspecified atom stereocenters. The van der Waals surface area contributed by atoms with Gasteiger partial charge in [0.2, 0.25) is 5.91 Å². The van der Waals surface area contributed by atoms with Crippen molar-refractivity contribution in [2.45, 2.75) is 24.8 Å². The number of benzene rings is 1. The van der Waals surface area contributed by atoms with Crippen LogP contribution in [-0.2, 0) is 4.79 Å². The van der Waals surface area contributed by atoms with Gasteiger partial charge in [-0.15, -0.1) is 0 Å². The molecule has 0 radical (unpaired) electrons. The highest BCUT2D eigenvalue weighted by atomic mass is 16.5. The minimum atomic E-state index is -0.342. The minimum Gasteiger partial charge on any atom is -0.492 e. The molecule has 0 aromatic heterocycles. The summed E-state index contributed by atoms with van der Waals surface area (Å²) in [6, 6.07) is 9.39. The van der Waals surface area contributed by atoms with Crippen LogP contribution < -0.4 is 10.1 Å². The van der Waals surface area contributed by atoms with Crippen molar-refractivity contribution >= 4 is 5.91 Å². The lowest BCUT2D eigenvalue weighted by molar-refractivity contribution is -0.123. The molecule has 18 heavy (non-hydrogen) atoms. The maximum atomic E-state index is 12.2. The maximum absolute atomic E-state index is 12.2. The van der Waals surface area contributed by atoms with E-state index in [1.165, 1.54) is 0 Å². The van der Waals surface area contributed by atoms with Crippen molar-refractivity contribution in [3.8, 4) is 11.8 Å². The van der Waals surface area contributed by atoms with E-state index >= 15 is 0 Å². The highest BCUT2D eigenvalue weighted by Gasteiger charge is 2.36. The average Bonchev–Trinajstić information content (AvgIpc) is 3.14. The third kappa shape index (κ3) is 1.92. The van der Waals surface area contributed by atoms with Crippen LogP contribution in [0.15, 0.2) is 24.3 Å². The molecule has 1 aliphatic heterocycles. The molecule has 1 saturated carbocycles. The highest BCUT2D eigenvalue weighted by molar-refractivity contribution is 5.86. The lowest BCUT2D eigenvalue weighted by atomic mass is 10.00. The van der Waals surface area contributed by atoms with Crippen LogP contribution >= 0.6 is 0 Å². The lowest BCUT2D eigenvalue weighted by Gasteiger charge is -2.14. The van der Waals surface area contributed by atoms with Gasteiger partial charge in [-0.05, 0) is 24.8 Å².